The maximum atomic E-state index is 13.2. The van der Waals surface area contributed by atoms with Crippen LogP contribution in [0.1, 0.15) is 40.2 Å². The molecule has 0 saturated carbocycles. The first-order valence-electron chi connectivity index (χ1n) is 11.5. The summed E-state index contributed by atoms with van der Waals surface area (Å²) in [6.45, 7) is 19.6. The molecule has 0 spiro atoms. The molecule has 8 nitrogen and oxygen atoms in total. The minimum Gasteiger partial charge on any atom is -0.493 e. The zero-order valence-corrected chi connectivity index (χ0v) is 23.2. The predicted molar refractivity (Wildman–Crippen MR) is 130 cm³/mol. The second kappa shape index (κ2) is 9.65. The van der Waals surface area contributed by atoms with Gasteiger partial charge >= 0.3 is 0 Å². The van der Waals surface area contributed by atoms with Crippen molar-refractivity contribution in [3.8, 4) is 0 Å². The first-order chi connectivity index (χ1) is 15.6. The lowest BCUT2D eigenvalue weighted by Crippen LogP contribution is -2.49. The quantitative estimate of drug-likeness (QED) is 0.270. The monoisotopic (exact) mass is 514 g/mol. The molecule has 34 heavy (non-hydrogen) atoms. The molecule has 2 aliphatic rings. The maximum absolute atomic E-state index is 13.2. The Bertz CT molecular complexity index is 968. The molecule has 1 aromatic carbocycles. The molecule has 192 valence electrons. The molecule has 0 bridgehead atoms. The van der Waals surface area contributed by atoms with Crippen molar-refractivity contribution in [1.82, 2.24) is 0 Å². The Hall–Kier alpha value is -1.27. The van der Waals surface area contributed by atoms with Crippen molar-refractivity contribution < 1.29 is 36.0 Å². The Morgan fingerprint density at radius 1 is 1.18 bits per heavy atom. The summed E-state index contributed by atoms with van der Waals surface area (Å²) in [6.07, 6.45) is -2.52. The van der Waals surface area contributed by atoms with Crippen LogP contribution in [0.4, 0.5) is 0 Å². The third kappa shape index (κ3) is 5.92. The summed E-state index contributed by atoms with van der Waals surface area (Å²) < 4.78 is 62.3. The predicted octanol–water partition coefficient (Wildman–Crippen LogP) is 4.50. The zero-order valence-electron chi connectivity index (χ0n) is 21.4. The van der Waals surface area contributed by atoms with Crippen molar-refractivity contribution in [3.05, 3.63) is 42.7 Å². The fourth-order valence-corrected chi connectivity index (χ4v) is 5.76. The Labute approximate surface area is 204 Å². The summed E-state index contributed by atoms with van der Waals surface area (Å²) in [5.74, 6) is -0.856. The van der Waals surface area contributed by atoms with E-state index < -0.39 is 54.9 Å². The number of aryl methyl sites for hydroxylation is 1. The van der Waals surface area contributed by atoms with Gasteiger partial charge in [-0.05, 0) is 51.0 Å². The summed E-state index contributed by atoms with van der Waals surface area (Å²) in [5, 5.41) is -0.0757. The molecule has 0 N–H and O–H groups in total. The van der Waals surface area contributed by atoms with Gasteiger partial charge in [0.1, 0.15) is 12.2 Å². The van der Waals surface area contributed by atoms with E-state index in [0.717, 1.165) is 5.56 Å². The topological polar surface area (TPSA) is 89.5 Å². The van der Waals surface area contributed by atoms with Crippen LogP contribution in [0.2, 0.25) is 18.1 Å². The second-order valence-corrected chi connectivity index (χ2v) is 17.2. The highest BCUT2D eigenvalue weighted by Gasteiger charge is 2.58. The highest BCUT2D eigenvalue weighted by Crippen LogP contribution is 2.42. The van der Waals surface area contributed by atoms with Crippen LogP contribution in [0.3, 0.4) is 0 Å². The lowest BCUT2D eigenvalue weighted by Gasteiger charge is -2.38. The molecule has 5 atom stereocenters. The minimum atomic E-state index is -4.11. The van der Waals surface area contributed by atoms with Crippen LogP contribution in [0, 0.1) is 6.92 Å². The third-order valence-corrected chi connectivity index (χ3v) is 12.5. The molecular formula is C24H38O8SSi. The molecule has 10 heteroatoms. The van der Waals surface area contributed by atoms with Gasteiger partial charge in [-0.2, -0.15) is 8.42 Å². The number of ether oxygens (including phenoxy) is 4. The van der Waals surface area contributed by atoms with Crippen molar-refractivity contribution in [1.29, 1.82) is 0 Å². The second-order valence-electron chi connectivity index (χ2n) is 10.8. The van der Waals surface area contributed by atoms with Gasteiger partial charge in [0, 0.05) is 0 Å². The third-order valence-electron chi connectivity index (χ3n) is 6.62. The van der Waals surface area contributed by atoms with Gasteiger partial charge in [-0.25, -0.2) is 0 Å². The lowest BCUT2D eigenvalue weighted by molar-refractivity contribution is -0.225. The summed E-state index contributed by atoms with van der Waals surface area (Å²) in [7, 11) is -6.34. The van der Waals surface area contributed by atoms with Gasteiger partial charge in [0.25, 0.3) is 10.1 Å². The molecule has 2 heterocycles. The van der Waals surface area contributed by atoms with Crippen molar-refractivity contribution in [2.45, 2.75) is 101 Å². The van der Waals surface area contributed by atoms with Crippen LogP contribution >= 0.6 is 0 Å². The van der Waals surface area contributed by atoms with Gasteiger partial charge in [-0.15, -0.1) is 0 Å². The first-order valence-corrected chi connectivity index (χ1v) is 15.8. The van der Waals surface area contributed by atoms with Crippen LogP contribution in [0.5, 0.6) is 0 Å². The van der Waals surface area contributed by atoms with E-state index in [9.17, 15) is 8.42 Å². The lowest BCUT2D eigenvalue weighted by atomic mass is 10.1. The molecule has 0 aliphatic carbocycles. The normalized spacial score (nSPS) is 27.9. The zero-order chi connectivity index (χ0) is 25.5. The molecule has 2 fully saturated rings. The van der Waals surface area contributed by atoms with Crippen molar-refractivity contribution in [3.63, 3.8) is 0 Å². The van der Waals surface area contributed by atoms with Gasteiger partial charge in [0.05, 0.1) is 17.8 Å². The van der Waals surface area contributed by atoms with Crippen molar-refractivity contribution >= 4 is 18.4 Å². The van der Waals surface area contributed by atoms with Crippen molar-refractivity contribution in [2.75, 3.05) is 6.61 Å². The molecule has 0 unspecified atom stereocenters. The van der Waals surface area contributed by atoms with E-state index in [0.29, 0.717) is 0 Å². The summed E-state index contributed by atoms with van der Waals surface area (Å²) in [5.41, 5.74) is 0.945. The van der Waals surface area contributed by atoms with E-state index in [4.69, 9.17) is 27.6 Å². The Morgan fingerprint density at radius 2 is 1.79 bits per heavy atom. The number of benzene rings is 1. The SMILES string of the molecule is C=CO[C@@H]1[C@H]2OC(C)(C)O[C@H]2O[C@@H]1[C@@H](CO[Si](C)(C)C(C)(C)C)OS(=O)(=O)c1ccc(C)cc1. The average molecular weight is 515 g/mol. The standard InChI is InChI=1S/C24H38O8SSi/c1-10-27-20-19(29-22-21(20)30-24(6,7)31-22)18(15-28-34(8,9)23(3,4)5)32-33(25,26)17-13-11-16(2)12-14-17/h10-14,18-22H,1,15H2,2-9H3/t18-,19-,20+,21-,22-/m1/s1. The van der Waals surface area contributed by atoms with Gasteiger partial charge in [-0.3, -0.25) is 4.18 Å². The first kappa shape index (κ1) is 27.3. The van der Waals surface area contributed by atoms with E-state index in [1.54, 1.807) is 26.0 Å². The van der Waals surface area contributed by atoms with Crippen LogP contribution in [-0.4, -0.2) is 59.8 Å². The molecule has 2 saturated heterocycles. The Balaban J connectivity index is 1.91. The van der Waals surface area contributed by atoms with E-state index in [2.05, 4.69) is 40.4 Å². The van der Waals surface area contributed by atoms with Gasteiger partial charge in [-0.1, -0.05) is 45.0 Å². The van der Waals surface area contributed by atoms with E-state index in [-0.39, 0.29) is 16.5 Å². The largest absolute Gasteiger partial charge is 0.493 e. The molecule has 0 radical (unpaired) electrons. The van der Waals surface area contributed by atoms with Crippen molar-refractivity contribution in [2.24, 2.45) is 0 Å². The van der Waals surface area contributed by atoms with E-state index >= 15 is 0 Å². The highest BCUT2D eigenvalue weighted by atomic mass is 32.2. The molecular weight excluding hydrogens is 476 g/mol. The summed E-state index contributed by atoms with van der Waals surface area (Å²) in [6, 6.07) is 6.49. The van der Waals surface area contributed by atoms with Crippen LogP contribution in [0.25, 0.3) is 0 Å². The molecule has 0 aromatic heterocycles. The molecule has 3 rings (SSSR count). The Morgan fingerprint density at radius 3 is 2.35 bits per heavy atom. The number of hydrogen-bond donors (Lipinski definition) is 0. The van der Waals surface area contributed by atoms with E-state index in [1.165, 1.54) is 18.4 Å². The fourth-order valence-electron chi connectivity index (χ4n) is 3.68. The highest BCUT2D eigenvalue weighted by molar-refractivity contribution is 7.86. The van der Waals surface area contributed by atoms with Crippen LogP contribution < -0.4 is 0 Å². The van der Waals surface area contributed by atoms with Crippen LogP contribution in [-0.2, 0) is 37.7 Å². The fraction of sp³-hybridized carbons (Fsp3) is 0.667. The molecule has 1 aromatic rings. The number of fused-ring (bicyclic) bond motifs is 1. The summed E-state index contributed by atoms with van der Waals surface area (Å²) in [4.78, 5) is 0.0587. The van der Waals surface area contributed by atoms with Gasteiger partial charge in [0.2, 0.25) is 0 Å². The number of hydrogen-bond acceptors (Lipinski definition) is 8. The van der Waals surface area contributed by atoms with Gasteiger partial charge in [0.15, 0.2) is 32.6 Å². The maximum Gasteiger partial charge on any atom is 0.297 e. The molecule has 2 aliphatic heterocycles. The van der Waals surface area contributed by atoms with E-state index in [1.807, 2.05) is 6.92 Å². The molecule has 0 amide bonds. The van der Waals surface area contributed by atoms with Gasteiger partial charge < -0.3 is 23.4 Å². The smallest absolute Gasteiger partial charge is 0.297 e. The summed E-state index contributed by atoms with van der Waals surface area (Å²) >= 11 is 0. The van der Waals surface area contributed by atoms with Crippen LogP contribution in [0.15, 0.2) is 42.0 Å². The number of rotatable bonds is 9. The Kier molecular flexibility index (Phi) is 7.75. The minimum absolute atomic E-state index is 0.00604. The average Bonchev–Trinajstić information content (AvgIpc) is 3.17.